The van der Waals surface area contributed by atoms with E-state index in [4.69, 9.17) is 11.6 Å². The third-order valence-corrected chi connectivity index (χ3v) is 3.90. The molecule has 0 radical (unpaired) electrons. The third kappa shape index (κ3) is 2.80. The maximum atomic E-state index is 6.05. The number of halogens is 1. The van der Waals surface area contributed by atoms with Gasteiger partial charge in [-0.05, 0) is 23.6 Å². The fraction of sp³-hybridized carbons (Fsp3) is 0.429. The summed E-state index contributed by atoms with van der Waals surface area (Å²) in [6, 6.07) is 8.13. The second-order valence-corrected chi connectivity index (χ2v) is 5.57. The van der Waals surface area contributed by atoms with Gasteiger partial charge in [0, 0.05) is 24.7 Å². The van der Waals surface area contributed by atoms with Gasteiger partial charge in [0.05, 0.1) is 6.54 Å². The highest BCUT2D eigenvalue weighted by molar-refractivity contribution is 6.30. The van der Waals surface area contributed by atoms with E-state index in [2.05, 4.69) is 38.7 Å². The average Bonchev–Trinajstić information content (AvgIpc) is 2.86. The molecule has 0 fully saturated rings. The second kappa shape index (κ2) is 5.31. The highest BCUT2D eigenvalue weighted by atomic mass is 35.5. The molecule has 0 amide bonds. The molecule has 2 aromatic rings. The lowest BCUT2D eigenvalue weighted by Gasteiger charge is -2.29. The first kappa shape index (κ1) is 12.6. The number of rotatable bonds is 3. The van der Waals surface area contributed by atoms with Crippen molar-refractivity contribution in [1.29, 1.82) is 0 Å². The minimum Gasteiger partial charge on any atom is -0.315 e. The molecule has 1 aromatic heterocycles. The number of aromatic nitrogens is 3. The van der Waals surface area contributed by atoms with Crippen molar-refractivity contribution in [3.8, 4) is 0 Å². The predicted octanol–water partition coefficient (Wildman–Crippen LogP) is 2.55. The highest BCUT2D eigenvalue weighted by Gasteiger charge is 2.19. The predicted molar refractivity (Wildman–Crippen MR) is 75.2 cm³/mol. The SMILES string of the molecule is C[C@@H](CN1CCn2cnnc2C1)c1cccc(Cl)c1. The molecule has 0 bridgehead atoms. The lowest BCUT2D eigenvalue weighted by Crippen LogP contribution is -2.36. The number of hydrogen-bond donors (Lipinski definition) is 0. The zero-order valence-electron chi connectivity index (χ0n) is 11.0. The van der Waals surface area contributed by atoms with E-state index in [9.17, 15) is 0 Å². The van der Waals surface area contributed by atoms with Crippen LogP contribution < -0.4 is 0 Å². The van der Waals surface area contributed by atoms with Gasteiger partial charge in [-0.25, -0.2) is 0 Å². The first-order chi connectivity index (χ1) is 9.22. The molecule has 0 aliphatic carbocycles. The van der Waals surface area contributed by atoms with Gasteiger partial charge in [-0.15, -0.1) is 10.2 Å². The summed E-state index contributed by atoms with van der Waals surface area (Å²) in [5, 5.41) is 8.92. The largest absolute Gasteiger partial charge is 0.315 e. The van der Waals surface area contributed by atoms with E-state index in [1.165, 1.54) is 5.56 Å². The van der Waals surface area contributed by atoms with Crippen molar-refractivity contribution in [1.82, 2.24) is 19.7 Å². The molecule has 100 valence electrons. The molecule has 0 N–H and O–H groups in total. The van der Waals surface area contributed by atoms with Crippen molar-refractivity contribution in [2.45, 2.75) is 25.9 Å². The Kier molecular flexibility index (Phi) is 3.53. The van der Waals surface area contributed by atoms with Gasteiger partial charge in [0.1, 0.15) is 12.2 Å². The third-order valence-electron chi connectivity index (χ3n) is 3.67. The Hall–Kier alpha value is -1.39. The fourth-order valence-corrected chi connectivity index (χ4v) is 2.78. The Morgan fingerprint density at radius 1 is 1.37 bits per heavy atom. The number of fused-ring (bicyclic) bond motifs is 1. The van der Waals surface area contributed by atoms with Crippen LogP contribution in [0.15, 0.2) is 30.6 Å². The zero-order valence-corrected chi connectivity index (χ0v) is 11.7. The molecule has 4 nitrogen and oxygen atoms in total. The van der Waals surface area contributed by atoms with Crippen molar-refractivity contribution in [2.24, 2.45) is 0 Å². The summed E-state index contributed by atoms with van der Waals surface area (Å²) in [6.07, 6.45) is 1.81. The van der Waals surface area contributed by atoms with Gasteiger partial charge in [0.15, 0.2) is 0 Å². The summed E-state index contributed by atoms with van der Waals surface area (Å²) in [7, 11) is 0. The van der Waals surface area contributed by atoms with Crippen LogP contribution in [0.2, 0.25) is 5.02 Å². The molecular formula is C14H17ClN4. The zero-order chi connectivity index (χ0) is 13.2. The summed E-state index contributed by atoms with van der Waals surface area (Å²) in [5.74, 6) is 1.53. The maximum Gasteiger partial charge on any atom is 0.147 e. The van der Waals surface area contributed by atoms with Gasteiger partial charge in [0.25, 0.3) is 0 Å². The lowest BCUT2D eigenvalue weighted by molar-refractivity contribution is 0.207. The van der Waals surface area contributed by atoms with Gasteiger partial charge in [-0.3, -0.25) is 4.90 Å². The minimum absolute atomic E-state index is 0.466. The van der Waals surface area contributed by atoms with Crippen molar-refractivity contribution >= 4 is 11.6 Å². The van der Waals surface area contributed by atoms with E-state index < -0.39 is 0 Å². The van der Waals surface area contributed by atoms with E-state index >= 15 is 0 Å². The van der Waals surface area contributed by atoms with Crippen LogP contribution in [0.3, 0.4) is 0 Å². The van der Waals surface area contributed by atoms with Crippen molar-refractivity contribution < 1.29 is 0 Å². The van der Waals surface area contributed by atoms with Crippen LogP contribution in [0.4, 0.5) is 0 Å². The van der Waals surface area contributed by atoms with Crippen molar-refractivity contribution in [2.75, 3.05) is 13.1 Å². The van der Waals surface area contributed by atoms with Gasteiger partial charge in [-0.1, -0.05) is 30.7 Å². The number of nitrogens with zero attached hydrogens (tertiary/aromatic N) is 4. The fourth-order valence-electron chi connectivity index (χ4n) is 2.58. The molecule has 0 unspecified atom stereocenters. The Morgan fingerprint density at radius 2 is 2.26 bits per heavy atom. The molecule has 0 spiro atoms. The standard InChI is InChI=1S/C14H17ClN4/c1-11(12-3-2-4-13(15)7-12)8-18-5-6-19-10-16-17-14(19)9-18/h2-4,7,10-11H,5-6,8-9H2,1H3/t11-/m0/s1. The van der Waals surface area contributed by atoms with Crippen LogP contribution in [-0.2, 0) is 13.1 Å². The summed E-state index contributed by atoms with van der Waals surface area (Å²) in [4.78, 5) is 2.43. The van der Waals surface area contributed by atoms with Crippen LogP contribution in [-0.4, -0.2) is 32.8 Å². The Morgan fingerprint density at radius 3 is 3.11 bits per heavy atom. The molecule has 0 saturated heterocycles. The van der Waals surface area contributed by atoms with Crippen LogP contribution in [0, 0.1) is 0 Å². The van der Waals surface area contributed by atoms with Crippen LogP contribution in [0.25, 0.3) is 0 Å². The van der Waals surface area contributed by atoms with E-state index in [0.717, 1.165) is 37.0 Å². The molecule has 2 heterocycles. The molecule has 1 atom stereocenters. The molecule has 5 heteroatoms. The number of benzene rings is 1. The topological polar surface area (TPSA) is 34.0 Å². The monoisotopic (exact) mass is 276 g/mol. The molecule has 1 aromatic carbocycles. The van der Waals surface area contributed by atoms with E-state index in [0.29, 0.717) is 5.92 Å². The van der Waals surface area contributed by atoms with Crippen LogP contribution in [0.1, 0.15) is 24.2 Å². The van der Waals surface area contributed by atoms with Gasteiger partial charge in [-0.2, -0.15) is 0 Å². The molecule has 0 saturated carbocycles. The van der Waals surface area contributed by atoms with Crippen LogP contribution in [0.5, 0.6) is 0 Å². The Bertz CT molecular complexity index is 566. The summed E-state index contributed by atoms with van der Waals surface area (Å²) >= 11 is 6.05. The van der Waals surface area contributed by atoms with Gasteiger partial charge in [0.2, 0.25) is 0 Å². The highest BCUT2D eigenvalue weighted by Crippen LogP contribution is 2.21. The summed E-state index contributed by atoms with van der Waals surface area (Å²) < 4.78 is 2.13. The Balaban J connectivity index is 1.66. The molecule has 1 aliphatic rings. The normalized spacial score (nSPS) is 17.2. The maximum absolute atomic E-state index is 6.05. The molecule has 3 rings (SSSR count). The first-order valence-corrected chi connectivity index (χ1v) is 6.94. The smallest absolute Gasteiger partial charge is 0.147 e. The molecule has 1 aliphatic heterocycles. The van der Waals surface area contributed by atoms with Gasteiger partial charge < -0.3 is 4.57 Å². The van der Waals surface area contributed by atoms with Crippen molar-refractivity contribution in [3.63, 3.8) is 0 Å². The second-order valence-electron chi connectivity index (χ2n) is 5.13. The minimum atomic E-state index is 0.466. The van der Waals surface area contributed by atoms with Crippen molar-refractivity contribution in [3.05, 3.63) is 47.0 Å². The quantitative estimate of drug-likeness (QED) is 0.864. The lowest BCUT2D eigenvalue weighted by atomic mass is 10.0. The summed E-state index contributed by atoms with van der Waals surface area (Å²) in [5.41, 5.74) is 1.29. The van der Waals surface area contributed by atoms with Gasteiger partial charge >= 0.3 is 0 Å². The number of hydrogen-bond acceptors (Lipinski definition) is 3. The average molecular weight is 277 g/mol. The van der Waals surface area contributed by atoms with E-state index in [-0.39, 0.29) is 0 Å². The van der Waals surface area contributed by atoms with Crippen LogP contribution >= 0.6 is 11.6 Å². The summed E-state index contributed by atoms with van der Waals surface area (Å²) in [6.45, 7) is 6.17. The first-order valence-electron chi connectivity index (χ1n) is 6.57. The van der Waals surface area contributed by atoms with E-state index in [1.807, 2.05) is 18.5 Å². The van der Waals surface area contributed by atoms with E-state index in [1.54, 1.807) is 0 Å². The molecular weight excluding hydrogens is 260 g/mol. The Labute approximate surface area is 118 Å². The molecule has 19 heavy (non-hydrogen) atoms.